The van der Waals surface area contributed by atoms with Crippen molar-refractivity contribution in [2.45, 2.75) is 6.42 Å². The van der Waals surface area contributed by atoms with Gasteiger partial charge in [0.25, 0.3) is 0 Å². The Balaban J connectivity index is 1.46. The SMILES string of the molecule is c1ccc(-c2nc(-n3c4c(c5c6c(ccc53)oc3ccccc36)Cc3ccccc3-4)nc3ccccc23)cc1. The molecule has 4 heteroatoms. The highest BCUT2D eigenvalue weighted by molar-refractivity contribution is 6.21. The van der Waals surface area contributed by atoms with E-state index in [2.05, 4.69) is 95.6 Å². The lowest BCUT2D eigenvalue weighted by atomic mass is 10.0. The van der Waals surface area contributed by atoms with E-state index in [1.165, 1.54) is 27.8 Å². The van der Waals surface area contributed by atoms with Crippen LogP contribution >= 0.6 is 0 Å². The molecule has 5 aromatic carbocycles. The Hall–Kier alpha value is -5.22. The first kappa shape index (κ1) is 20.8. The maximum absolute atomic E-state index is 6.31. The van der Waals surface area contributed by atoms with E-state index < -0.39 is 0 Å². The minimum absolute atomic E-state index is 0.683. The number of hydrogen-bond acceptors (Lipinski definition) is 3. The van der Waals surface area contributed by atoms with Gasteiger partial charge in [-0.25, -0.2) is 9.97 Å². The van der Waals surface area contributed by atoms with Crippen molar-refractivity contribution in [3.8, 4) is 28.5 Å². The summed E-state index contributed by atoms with van der Waals surface area (Å²) in [7, 11) is 0. The summed E-state index contributed by atoms with van der Waals surface area (Å²) in [4.78, 5) is 10.4. The highest BCUT2D eigenvalue weighted by atomic mass is 16.3. The van der Waals surface area contributed by atoms with Crippen LogP contribution < -0.4 is 0 Å². The van der Waals surface area contributed by atoms with Crippen molar-refractivity contribution in [3.63, 3.8) is 0 Å². The topological polar surface area (TPSA) is 43.9 Å². The lowest BCUT2D eigenvalue weighted by Crippen LogP contribution is -2.05. The van der Waals surface area contributed by atoms with Gasteiger partial charge in [-0.1, -0.05) is 91.0 Å². The number of furan rings is 1. The van der Waals surface area contributed by atoms with E-state index in [0.717, 1.165) is 56.0 Å². The van der Waals surface area contributed by atoms with Gasteiger partial charge in [0.15, 0.2) is 0 Å². The van der Waals surface area contributed by atoms with Crippen molar-refractivity contribution in [1.29, 1.82) is 0 Å². The molecular formula is C35H21N3O. The third-order valence-electron chi connectivity index (χ3n) is 8.05. The molecule has 0 spiro atoms. The molecular weight excluding hydrogens is 478 g/mol. The summed E-state index contributed by atoms with van der Waals surface area (Å²) >= 11 is 0. The molecule has 1 aliphatic rings. The van der Waals surface area contributed by atoms with Crippen LogP contribution in [0.3, 0.4) is 0 Å². The molecule has 1 aliphatic carbocycles. The van der Waals surface area contributed by atoms with Crippen LogP contribution in [0.15, 0.2) is 120 Å². The van der Waals surface area contributed by atoms with Crippen LogP contribution in [-0.4, -0.2) is 14.5 Å². The standard InChI is InChI=1S/C35H21N3O/c1-2-10-21(11-3-1)33-24-14-6-8-16-27(24)36-35(37-33)38-28-18-19-30-32(25-15-7-9-17-29(25)39-30)31(28)26-20-22-12-4-5-13-23(22)34(26)38/h1-19H,20H2. The van der Waals surface area contributed by atoms with E-state index >= 15 is 0 Å². The van der Waals surface area contributed by atoms with Crippen LogP contribution in [0.4, 0.5) is 0 Å². The van der Waals surface area contributed by atoms with Crippen LogP contribution in [0.1, 0.15) is 11.1 Å². The van der Waals surface area contributed by atoms with Crippen LogP contribution in [0.2, 0.25) is 0 Å². The van der Waals surface area contributed by atoms with E-state index in [1.807, 2.05) is 24.3 Å². The molecule has 0 unspecified atom stereocenters. The molecule has 0 fully saturated rings. The summed E-state index contributed by atoms with van der Waals surface area (Å²) in [6.07, 6.45) is 0.868. The first-order valence-electron chi connectivity index (χ1n) is 13.2. The van der Waals surface area contributed by atoms with Gasteiger partial charge in [-0.05, 0) is 35.4 Å². The first-order valence-corrected chi connectivity index (χ1v) is 13.2. The predicted molar refractivity (Wildman–Crippen MR) is 157 cm³/mol. The number of hydrogen-bond donors (Lipinski definition) is 0. The highest BCUT2D eigenvalue weighted by Crippen LogP contribution is 2.48. The maximum Gasteiger partial charge on any atom is 0.235 e. The molecule has 0 N–H and O–H groups in total. The maximum atomic E-state index is 6.31. The van der Waals surface area contributed by atoms with Crippen LogP contribution in [0.25, 0.3) is 72.2 Å². The first-order chi connectivity index (χ1) is 19.3. The second-order valence-electron chi connectivity index (χ2n) is 10.2. The average molecular weight is 500 g/mol. The van der Waals surface area contributed by atoms with E-state index in [1.54, 1.807) is 0 Å². The summed E-state index contributed by atoms with van der Waals surface area (Å²) in [6.45, 7) is 0. The van der Waals surface area contributed by atoms with Gasteiger partial charge in [0.1, 0.15) is 11.2 Å². The Bertz CT molecular complexity index is 2260. The van der Waals surface area contributed by atoms with Gasteiger partial charge in [0.2, 0.25) is 5.95 Å². The number of aromatic nitrogens is 3. The molecule has 182 valence electrons. The zero-order valence-electron chi connectivity index (χ0n) is 20.9. The van der Waals surface area contributed by atoms with E-state index in [9.17, 15) is 0 Å². The molecule has 0 saturated carbocycles. The summed E-state index contributed by atoms with van der Waals surface area (Å²) in [5.41, 5.74) is 10.9. The Morgan fingerprint density at radius 1 is 0.615 bits per heavy atom. The van der Waals surface area contributed by atoms with Gasteiger partial charge in [-0.3, -0.25) is 4.57 Å². The molecule has 0 radical (unpaired) electrons. The third kappa shape index (κ3) is 2.83. The quantitative estimate of drug-likeness (QED) is 0.239. The van der Waals surface area contributed by atoms with E-state index in [0.29, 0.717) is 5.95 Å². The Labute approximate surface area is 223 Å². The fraction of sp³-hybridized carbons (Fsp3) is 0.0286. The average Bonchev–Trinajstić information content (AvgIpc) is 3.65. The monoisotopic (exact) mass is 499 g/mol. The molecule has 0 amide bonds. The van der Waals surface area contributed by atoms with Gasteiger partial charge in [0.05, 0.1) is 22.4 Å². The molecule has 0 aliphatic heterocycles. The second-order valence-corrected chi connectivity index (χ2v) is 10.2. The summed E-state index contributed by atoms with van der Waals surface area (Å²) in [5.74, 6) is 0.683. The molecule has 3 aromatic heterocycles. The Kier molecular flexibility index (Phi) is 4.08. The summed E-state index contributed by atoms with van der Waals surface area (Å²) in [5, 5.41) is 4.57. The highest BCUT2D eigenvalue weighted by Gasteiger charge is 2.30. The fourth-order valence-corrected chi connectivity index (χ4v) is 6.41. The van der Waals surface area contributed by atoms with Crippen molar-refractivity contribution in [2.75, 3.05) is 0 Å². The number of fused-ring (bicyclic) bond motifs is 10. The molecule has 0 atom stereocenters. The normalized spacial score (nSPS) is 12.5. The Morgan fingerprint density at radius 2 is 1.38 bits per heavy atom. The Morgan fingerprint density at radius 3 is 2.31 bits per heavy atom. The third-order valence-corrected chi connectivity index (χ3v) is 8.05. The van der Waals surface area contributed by atoms with Crippen molar-refractivity contribution >= 4 is 43.7 Å². The molecule has 3 heterocycles. The van der Waals surface area contributed by atoms with E-state index in [-0.39, 0.29) is 0 Å². The number of para-hydroxylation sites is 2. The van der Waals surface area contributed by atoms with Crippen LogP contribution in [0, 0.1) is 0 Å². The molecule has 39 heavy (non-hydrogen) atoms. The molecule has 0 saturated heterocycles. The van der Waals surface area contributed by atoms with Gasteiger partial charge >= 0.3 is 0 Å². The zero-order valence-corrected chi connectivity index (χ0v) is 20.9. The largest absolute Gasteiger partial charge is 0.456 e. The number of benzene rings is 5. The fourth-order valence-electron chi connectivity index (χ4n) is 6.41. The summed E-state index contributed by atoms with van der Waals surface area (Å²) in [6, 6.07) is 40.0. The molecule has 0 bridgehead atoms. The smallest absolute Gasteiger partial charge is 0.235 e. The number of rotatable bonds is 2. The van der Waals surface area contributed by atoms with Gasteiger partial charge < -0.3 is 4.42 Å². The lowest BCUT2D eigenvalue weighted by molar-refractivity contribution is 0.669. The lowest BCUT2D eigenvalue weighted by Gasteiger charge is -2.13. The van der Waals surface area contributed by atoms with Crippen molar-refractivity contribution in [1.82, 2.24) is 14.5 Å². The number of nitrogens with zero attached hydrogens (tertiary/aromatic N) is 3. The summed E-state index contributed by atoms with van der Waals surface area (Å²) < 4.78 is 8.58. The van der Waals surface area contributed by atoms with Crippen LogP contribution in [0.5, 0.6) is 0 Å². The van der Waals surface area contributed by atoms with Gasteiger partial charge in [0, 0.05) is 39.1 Å². The van der Waals surface area contributed by atoms with E-state index in [4.69, 9.17) is 14.4 Å². The zero-order chi connectivity index (χ0) is 25.5. The van der Waals surface area contributed by atoms with Crippen molar-refractivity contribution in [2.24, 2.45) is 0 Å². The minimum Gasteiger partial charge on any atom is -0.456 e. The molecule has 8 aromatic rings. The van der Waals surface area contributed by atoms with Crippen molar-refractivity contribution in [3.05, 3.63) is 126 Å². The predicted octanol–water partition coefficient (Wildman–Crippen LogP) is 8.71. The van der Waals surface area contributed by atoms with Crippen LogP contribution in [-0.2, 0) is 6.42 Å². The van der Waals surface area contributed by atoms with Gasteiger partial charge in [-0.2, -0.15) is 0 Å². The van der Waals surface area contributed by atoms with Crippen molar-refractivity contribution < 1.29 is 4.42 Å². The van der Waals surface area contributed by atoms with Gasteiger partial charge in [-0.15, -0.1) is 0 Å². The second kappa shape index (κ2) is 7.65. The molecule has 4 nitrogen and oxygen atoms in total. The minimum atomic E-state index is 0.683. The molecule has 9 rings (SSSR count).